The summed E-state index contributed by atoms with van der Waals surface area (Å²) < 4.78 is 0. The molecular formula is C20H24O. The third kappa shape index (κ3) is 3.36. The van der Waals surface area contributed by atoms with Crippen molar-refractivity contribution in [2.75, 3.05) is 0 Å². The Balaban J connectivity index is 1.74. The molecule has 1 fully saturated rings. The largest absolute Gasteiger partial charge is 0.388 e. The van der Waals surface area contributed by atoms with Crippen molar-refractivity contribution < 1.29 is 5.11 Å². The minimum Gasteiger partial charge on any atom is -0.388 e. The van der Waals surface area contributed by atoms with Gasteiger partial charge in [0.2, 0.25) is 0 Å². The standard InChI is InChI=1S/C20H24O/c1-15-6-5-9-19(14-15)20(21)18-12-10-17(11-13-18)16-7-3-2-4-8-16/h2-4,7-8,10-13,15,19-21H,5-6,9,14H2,1H3. The molecule has 2 aromatic rings. The highest BCUT2D eigenvalue weighted by Crippen LogP contribution is 2.37. The van der Waals surface area contributed by atoms with Crippen LogP contribution in [0.4, 0.5) is 0 Å². The molecule has 0 aromatic heterocycles. The Bertz CT molecular complexity index is 558. The van der Waals surface area contributed by atoms with E-state index in [4.69, 9.17) is 0 Å². The smallest absolute Gasteiger partial charge is 0.0818 e. The normalized spacial score (nSPS) is 23.7. The molecule has 0 radical (unpaired) electrons. The van der Waals surface area contributed by atoms with Crippen LogP contribution in [0.1, 0.15) is 44.3 Å². The fourth-order valence-corrected chi connectivity index (χ4v) is 3.54. The van der Waals surface area contributed by atoms with Gasteiger partial charge in [0, 0.05) is 0 Å². The Kier molecular flexibility index (Phi) is 4.40. The van der Waals surface area contributed by atoms with Gasteiger partial charge in [-0.25, -0.2) is 0 Å². The van der Waals surface area contributed by atoms with E-state index in [9.17, 15) is 5.11 Å². The number of aliphatic hydroxyl groups excluding tert-OH is 1. The van der Waals surface area contributed by atoms with Gasteiger partial charge in [0.15, 0.2) is 0 Å². The predicted molar refractivity (Wildman–Crippen MR) is 88.0 cm³/mol. The molecule has 0 spiro atoms. The molecule has 0 aliphatic heterocycles. The Morgan fingerprint density at radius 2 is 1.57 bits per heavy atom. The summed E-state index contributed by atoms with van der Waals surface area (Å²) >= 11 is 0. The Morgan fingerprint density at radius 1 is 0.905 bits per heavy atom. The lowest BCUT2D eigenvalue weighted by Gasteiger charge is -2.30. The first-order chi connectivity index (χ1) is 10.2. The second kappa shape index (κ2) is 6.44. The van der Waals surface area contributed by atoms with Gasteiger partial charge in [-0.2, -0.15) is 0 Å². The third-order valence-corrected chi connectivity index (χ3v) is 4.78. The summed E-state index contributed by atoms with van der Waals surface area (Å²) in [6.45, 7) is 2.30. The second-order valence-corrected chi connectivity index (χ2v) is 6.46. The summed E-state index contributed by atoms with van der Waals surface area (Å²) in [7, 11) is 0. The van der Waals surface area contributed by atoms with Gasteiger partial charge >= 0.3 is 0 Å². The summed E-state index contributed by atoms with van der Waals surface area (Å²) in [4.78, 5) is 0. The van der Waals surface area contributed by atoms with Crippen molar-refractivity contribution in [3.63, 3.8) is 0 Å². The van der Waals surface area contributed by atoms with Gasteiger partial charge < -0.3 is 5.11 Å². The Labute approximate surface area is 127 Å². The van der Waals surface area contributed by atoms with E-state index in [2.05, 4.69) is 55.5 Å². The molecule has 0 amide bonds. The molecule has 110 valence electrons. The highest BCUT2D eigenvalue weighted by Gasteiger charge is 2.26. The summed E-state index contributed by atoms with van der Waals surface area (Å²) in [5, 5.41) is 10.6. The lowest BCUT2D eigenvalue weighted by Crippen LogP contribution is -2.20. The first-order valence-corrected chi connectivity index (χ1v) is 8.07. The SMILES string of the molecule is CC1CCCC(C(O)c2ccc(-c3ccccc3)cc2)C1. The van der Waals surface area contributed by atoms with Crippen molar-refractivity contribution in [2.24, 2.45) is 11.8 Å². The average Bonchev–Trinajstić information content (AvgIpc) is 2.55. The zero-order chi connectivity index (χ0) is 14.7. The van der Waals surface area contributed by atoms with E-state index in [-0.39, 0.29) is 6.10 Å². The van der Waals surface area contributed by atoms with Crippen molar-refractivity contribution in [1.29, 1.82) is 0 Å². The molecule has 1 N–H and O–H groups in total. The summed E-state index contributed by atoms with van der Waals surface area (Å²) in [6, 6.07) is 18.8. The van der Waals surface area contributed by atoms with E-state index in [1.54, 1.807) is 0 Å². The molecule has 1 heteroatoms. The van der Waals surface area contributed by atoms with Crippen molar-refractivity contribution >= 4 is 0 Å². The van der Waals surface area contributed by atoms with Gasteiger partial charge in [0.05, 0.1) is 6.10 Å². The Morgan fingerprint density at radius 3 is 2.24 bits per heavy atom. The number of hydrogen-bond acceptors (Lipinski definition) is 1. The minimum atomic E-state index is -0.308. The van der Waals surface area contributed by atoms with Crippen LogP contribution in [0.25, 0.3) is 11.1 Å². The van der Waals surface area contributed by atoms with Crippen molar-refractivity contribution in [3.8, 4) is 11.1 Å². The fourth-order valence-electron chi connectivity index (χ4n) is 3.54. The van der Waals surface area contributed by atoms with Crippen LogP contribution in [0.2, 0.25) is 0 Å². The molecule has 3 rings (SSSR count). The molecular weight excluding hydrogens is 256 g/mol. The number of benzene rings is 2. The van der Waals surface area contributed by atoms with E-state index in [0.717, 1.165) is 24.3 Å². The lowest BCUT2D eigenvalue weighted by atomic mass is 9.78. The predicted octanol–water partition coefficient (Wildman–Crippen LogP) is 5.21. The minimum absolute atomic E-state index is 0.308. The van der Waals surface area contributed by atoms with Crippen LogP contribution in [0.15, 0.2) is 54.6 Å². The Hall–Kier alpha value is -1.60. The van der Waals surface area contributed by atoms with Crippen molar-refractivity contribution in [1.82, 2.24) is 0 Å². The van der Waals surface area contributed by atoms with Crippen LogP contribution >= 0.6 is 0 Å². The average molecular weight is 280 g/mol. The zero-order valence-electron chi connectivity index (χ0n) is 12.7. The van der Waals surface area contributed by atoms with Gasteiger partial charge in [-0.3, -0.25) is 0 Å². The van der Waals surface area contributed by atoms with Gasteiger partial charge in [0.25, 0.3) is 0 Å². The summed E-state index contributed by atoms with van der Waals surface area (Å²) in [5.74, 6) is 1.18. The molecule has 0 saturated heterocycles. The van der Waals surface area contributed by atoms with E-state index in [0.29, 0.717) is 5.92 Å². The molecule has 1 saturated carbocycles. The molecule has 1 aliphatic carbocycles. The van der Waals surface area contributed by atoms with Crippen molar-refractivity contribution in [3.05, 3.63) is 60.2 Å². The van der Waals surface area contributed by atoms with Crippen LogP contribution in [0.5, 0.6) is 0 Å². The second-order valence-electron chi connectivity index (χ2n) is 6.46. The van der Waals surface area contributed by atoms with Gasteiger partial charge in [-0.1, -0.05) is 74.4 Å². The highest BCUT2D eigenvalue weighted by molar-refractivity contribution is 5.63. The van der Waals surface area contributed by atoms with Gasteiger partial charge in [-0.15, -0.1) is 0 Å². The number of hydrogen-bond donors (Lipinski definition) is 1. The molecule has 1 aliphatic rings. The molecule has 2 aromatic carbocycles. The summed E-state index contributed by atoms with van der Waals surface area (Å²) in [6.07, 6.45) is 4.58. The fraction of sp³-hybridized carbons (Fsp3) is 0.400. The van der Waals surface area contributed by atoms with Crippen LogP contribution in [0, 0.1) is 11.8 Å². The van der Waals surface area contributed by atoms with E-state index < -0.39 is 0 Å². The third-order valence-electron chi connectivity index (χ3n) is 4.78. The number of aliphatic hydroxyl groups is 1. The first-order valence-electron chi connectivity index (χ1n) is 8.07. The highest BCUT2D eigenvalue weighted by atomic mass is 16.3. The number of rotatable bonds is 3. The van der Waals surface area contributed by atoms with Crippen LogP contribution in [-0.2, 0) is 0 Å². The van der Waals surface area contributed by atoms with Crippen LogP contribution in [0.3, 0.4) is 0 Å². The first kappa shape index (κ1) is 14.3. The summed E-state index contributed by atoms with van der Waals surface area (Å²) in [5.41, 5.74) is 3.50. The zero-order valence-corrected chi connectivity index (χ0v) is 12.7. The molecule has 3 unspecified atom stereocenters. The lowest BCUT2D eigenvalue weighted by molar-refractivity contribution is 0.0714. The van der Waals surface area contributed by atoms with Gasteiger partial charge in [0.1, 0.15) is 0 Å². The molecule has 21 heavy (non-hydrogen) atoms. The quantitative estimate of drug-likeness (QED) is 0.818. The van der Waals surface area contributed by atoms with Crippen molar-refractivity contribution in [2.45, 2.75) is 38.7 Å². The molecule has 3 atom stereocenters. The molecule has 0 heterocycles. The molecule has 0 bridgehead atoms. The monoisotopic (exact) mass is 280 g/mol. The maximum Gasteiger partial charge on any atom is 0.0818 e. The van der Waals surface area contributed by atoms with E-state index in [1.165, 1.54) is 24.0 Å². The molecule has 1 nitrogen and oxygen atoms in total. The van der Waals surface area contributed by atoms with Crippen LogP contribution in [-0.4, -0.2) is 5.11 Å². The van der Waals surface area contributed by atoms with Crippen LogP contribution < -0.4 is 0 Å². The maximum absolute atomic E-state index is 10.6. The topological polar surface area (TPSA) is 20.2 Å². The van der Waals surface area contributed by atoms with E-state index in [1.807, 2.05) is 6.07 Å². The maximum atomic E-state index is 10.6. The van der Waals surface area contributed by atoms with E-state index >= 15 is 0 Å². The van der Waals surface area contributed by atoms with Gasteiger partial charge in [-0.05, 0) is 41.4 Å².